The van der Waals surface area contributed by atoms with Gasteiger partial charge in [-0.25, -0.2) is 0 Å². The summed E-state index contributed by atoms with van der Waals surface area (Å²) >= 11 is 8.27. The first-order chi connectivity index (χ1) is 6.74. The van der Waals surface area contributed by atoms with Gasteiger partial charge in [0.15, 0.2) is 5.11 Å². The van der Waals surface area contributed by atoms with E-state index < -0.39 is 0 Å². The lowest BCUT2D eigenvalue weighted by atomic mass is 10.2. The average molecular weight is 272 g/mol. The summed E-state index contributed by atoms with van der Waals surface area (Å²) < 4.78 is 1.00. The molecule has 0 bridgehead atoms. The zero-order valence-corrected chi connectivity index (χ0v) is 10.0. The minimum Gasteiger partial charge on any atom is -0.364 e. The first-order valence-electron chi connectivity index (χ1n) is 3.99. The van der Waals surface area contributed by atoms with Gasteiger partial charge in [-0.2, -0.15) is 5.10 Å². The molecule has 1 aromatic rings. The van der Waals surface area contributed by atoms with Crippen LogP contribution >= 0.6 is 28.1 Å². The van der Waals surface area contributed by atoms with Crippen molar-refractivity contribution >= 4 is 39.5 Å². The predicted molar refractivity (Wildman–Crippen MR) is 66.5 cm³/mol. The summed E-state index contributed by atoms with van der Waals surface area (Å²) in [5.41, 5.74) is 3.68. The summed E-state index contributed by atoms with van der Waals surface area (Å²) in [6, 6.07) is 7.81. The van der Waals surface area contributed by atoms with Crippen LogP contribution < -0.4 is 10.7 Å². The highest BCUT2D eigenvalue weighted by Crippen LogP contribution is 2.13. The molecular weight excluding hydrogens is 262 g/mol. The standard InChI is InChI=1S/C9H10BrN3S/c1-11-9(14)13-12-6-7-4-2-3-5-8(7)10/h2-6H,1H3,(H2,11,13,14). The highest BCUT2D eigenvalue weighted by molar-refractivity contribution is 9.10. The molecule has 0 saturated heterocycles. The number of hydrogen-bond donors (Lipinski definition) is 2. The van der Waals surface area contributed by atoms with Crippen LogP contribution in [-0.2, 0) is 0 Å². The largest absolute Gasteiger partial charge is 0.364 e. The maximum Gasteiger partial charge on any atom is 0.186 e. The van der Waals surface area contributed by atoms with Gasteiger partial charge in [-0.15, -0.1) is 0 Å². The second-order valence-corrected chi connectivity index (χ2v) is 3.73. The van der Waals surface area contributed by atoms with E-state index in [9.17, 15) is 0 Å². The first kappa shape index (κ1) is 11.1. The lowest BCUT2D eigenvalue weighted by Crippen LogP contribution is -2.28. The first-order valence-corrected chi connectivity index (χ1v) is 5.19. The van der Waals surface area contributed by atoms with Crippen LogP contribution in [0.25, 0.3) is 0 Å². The fourth-order valence-electron chi connectivity index (χ4n) is 0.796. The SMILES string of the molecule is CNC(=S)NN=Cc1ccccc1Br. The molecule has 0 saturated carbocycles. The van der Waals surface area contributed by atoms with Crippen molar-refractivity contribution in [3.63, 3.8) is 0 Å². The van der Waals surface area contributed by atoms with Gasteiger partial charge in [-0.3, -0.25) is 5.43 Å². The van der Waals surface area contributed by atoms with Crippen molar-refractivity contribution in [1.82, 2.24) is 10.7 Å². The molecule has 2 N–H and O–H groups in total. The topological polar surface area (TPSA) is 36.4 Å². The van der Waals surface area contributed by atoms with Crippen molar-refractivity contribution in [1.29, 1.82) is 0 Å². The monoisotopic (exact) mass is 271 g/mol. The quantitative estimate of drug-likeness (QED) is 0.490. The van der Waals surface area contributed by atoms with Crippen LogP contribution in [-0.4, -0.2) is 18.4 Å². The molecule has 0 atom stereocenters. The van der Waals surface area contributed by atoms with Crippen LogP contribution in [0.15, 0.2) is 33.8 Å². The zero-order valence-electron chi connectivity index (χ0n) is 7.62. The zero-order chi connectivity index (χ0) is 10.4. The number of nitrogens with one attached hydrogen (secondary N) is 2. The Hall–Kier alpha value is -0.940. The molecule has 0 unspecified atom stereocenters. The molecule has 14 heavy (non-hydrogen) atoms. The number of halogens is 1. The van der Waals surface area contributed by atoms with Gasteiger partial charge in [0, 0.05) is 17.1 Å². The van der Waals surface area contributed by atoms with E-state index in [0.717, 1.165) is 10.0 Å². The van der Waals surface area contributed by atoms with Gasteiger partial charge in [-0.05, 0) is 18.3 Å². The van der Waals surface area contributed by atoms with Crippen LogP contribution in [0, 0.1) is 0 Å². The molecule has 0 aliphatic heterocycles. The van der Waals surface area contributed by atoms with Crippen molar-refractivity contribution in [2.45, 2.75) is 0 Å². The summed E-state index contributed by atoms with van der Waals surface area (Å²) in [6.07, 6.45) is 1.70. The Morgan fingerprint density at radius 2 is 2.21 bits per heavy atom. The van der Waals surface area contributed by atoms with E-state index in [-0.39, 0.29) is 0 Å². The van der Waals surface area contributed by atoms with Gasteiger partial charge in [0.25, 0.3) is 0 Å². The van der Waals surface area contributed by atoms with Crippen LogP contribution in [0.5, 0.6) is 0 Å². The molecule has 0 aliphatic carbocycles. The highest BCUT2D eigenvalue weighted by atomic mass is 79.9. The second-order valence-electron chi connectivity index (χ2n) is 2.47. The molecule has 0 heterocycles. The molecule has 1 aromatic carbocycles. The normalized spacial score (nSPS) is 10.1. The van der Waals surface area contributed by atoms with E-state index in [0.29, 0.717) is 5.11 Å². The van der Waals surface area contributed by atoms with E-state index in [4.69, 9.17) is 12.2 Å². The number of thiocarbonyl (C=S) groups is 1. The molecule has 1 rings (SSSR count). The van der Waals surface area contributed by atoms with Gasteiger partial charge < -0.3 is 5.32 Å². The third-order valence-corrected chi connectivity index (χ3v) is 2.52. The predicted octanol–water partition coefficient (Wildman–Crippen LogP) is 1.88. The third-order valence-electron chi connectivity index (χ3n) is 1.50. The molecule has 0 spiro atoms. The van der Waals surface area contributed by atoms with Gasteiger partial charge in [0.2, 0.25) is 0 Å². The Morgan fingerprint density at radius 3 is 2.86 bits per heavy atom. The lowest BCUT2D eigenvalue weighted by molar-refractivity contribution is 0.982. The Bertz CT molecular complexity index is 352. The van der Waals surface area contributed by atoms with Crippen molar-refractivity contribution in [2.24, 2.45) is 5.10 Å². The van der Waals surface area contributed by atoms with E-state index in [2.05, 4.69) is 31.8 Å². The molecule has 0 aromatic heterocycles. The lowest BCUT2D eigenvalue weighted by Gasteiger charge is -2.00. The Labute approximate surface area is 96.7 Å². The van der Waals surface area contributed by atoms with Crippen LogP contribution in [0.4, 0.5) is 0 Å². The fraction of sp³-hybridized carbons (Fsp3) is 0.111. The van der Waals surface area contributed by atoms with E-state index in [1.807, 2.05) is 24.3 Å². The summed E-state index contributed by atoms with van der Waals surface area (Å²) in [4.78, 5) is 0. The summed E-state index contributed by atoms with van der Waals surface area (Å²) in [5.74, 6) is 0. The minimum atomic E-state index is 0.494. The second kappa shape index (κ2) is 5.72. The molecule has 5 heteroatoms. The van der Waals surface area contributed by atoms with Crippen molar-refractivity contribution in [3.05, 3.63) is 34.3 Å². The maximum atomic E-state index is 4.86. The summed E-state index contributed by atoms with van der Waals surface area (Å²) in [6.45, 7) is 0. The third kappa shape index (κ3) is 3.43. The minimum absolute atomic E-state index is 0.494. The number of nitrogens with zero attached hydrogens (tertiary/aromatic N) is 1. The molecule has 0 aliphatic rings. The van der Waals surface area contributed by atoms with Gasteiger partial charge in [0.05, 0.1) is 6.21 Å². The number of rotatable bonds is 2. The molecular formula is C9H10BrN3S. The van der Waals surface area contributed by atoms with Crippen LogP contribution in [0.3, 0.4) is 0 Å². The van der Waals surface area contributed by atoms with Gasteiger partial charge in [-0.1, -0.05) is 34.1 Å². The highest BCUT2D eigenvalue weighted by Gasteiger charge is 1.93. The Kier molecular flexibility index (Phi) is 4.55. The molecule has 74 valence electrons. The molecule has 0 fully saturated rings. The van der Waals surface area contributed by atoms with Crippen molar-refractivity contribution in [3.8, 4) is 0 Å². The van der Waals surface area contributed by atoms with E-state index in [1.54, 1.807) is 13.3 Å². The Balaban J connectivity index is 2.60. The van der Waals surface area contributed by atoms with E-state index in [1.165, 1.54) is 0 Å². The smallest absolute Gasteiger partial charge is 0.186 e. The average Bonchev–Trinajstić information content (AvgIpc) is 2.20. The van der Waals surface area contributed by atoms with Crippen LogP contribution in [0.1, 0.15) is 5.56 Å². The molecule has 0 radical (unpaired) electrons. The number of benzene rings is 1. The van der Waals surface area contributed by atoms with Gasteiger partial charge >= 0.3 is 0 Å². The maximum absolute atomic E-state index is 4.86. The van der Waals surface area contributed by atoms with Crippen molar-refractivity contribution in [2.75, 3.05) is 7.05 Å². The molecule has 3 nitrogen and oxygen atoms in total. The van der Waals surface area contributed by atoms with Crippen molar-refractivity contribution < 1.29 is 0 Å². The fourth-order valence-corrected chi connectivity index (χ4v) is 1.24. The Morgan fingerprint density at radius 1 is 1.50 bits per heavy atom. The summed E-state index contributed by atoms with van der Waals surface area (Å²) in [7, 11) is 1.74. The number of hydrogen-bond acceptors (Lipinski definition) is 2. The number of hydrazone groups is 1. The van der Waals surface area contributed by atoms with Crippen LogP contribution in [0.2, 0.25) is 0 Å². The summed E-state index contributed by atoms with van der Waals surface area (Å²) in [5, 5.41) is 7.22. The van der Waals surface area contributed by atoms with Gasteiger partial charge in [0.1, 0.15) is 0 Å². The van der Waals surface area contributed by atoms with E-state index >= 15 is 0 Å². The molecule has 0 amide bonds.